The summed E-state index contributed by atoms with van der Waals surface area (Å²) in [6.45, 7) is 4.77. The third-order valence-corrected chi connectivity index (χ3v) is 4.61. The van der Waals surface area contributed by atoms with Crippen LogP contribution in [0.15, 0.2) is 91.0 Å². The first-order valence-electron chi connectivity index (χ1n) is 9.11. The highest BCUT2D eigenvalue weighted by atomic mass is 16.2. The van der Waals surface area contributed by atoms with Gasteiger partial charge in [-0.05, 0) is 30.5 Å². The van der Waals surface area contributed by atoms with Crippen LogP contribution in [0.4, 0.5) is 0 Å². The van der Waals surface area contributed by atoms with Crippen LogP contribution in [0.2, 0.25) is 0 Å². The molecule has 0 aliphatic carbocycles. The van der Waals surface area contributed by atoms with Gasteiger partial charge in [0.1, 0.15) is 0 Å². The highest BCUT2D eigenvalue weighted by Gasteiger charge is 2.28. The topological polar surface area (TPSA) is 20.3 Å². The first kappa shape index (κ1) is 17.9. The van der Waals surface area contributed by atoms with Gasteiger partial charge in [-0.2, -0.15) is 0 Å². The van der Waals surface area contributed by atoms with E-state index in [1.165, 1.54) is 0 Å². The summed E-state index contributed by atoms with van der Waals surface area (Å²) in [4.78, 5) is 15.6. The van der Waals surface area contributed by atoms with E-state index in [1.807, 2.05) is 83.8 Å². The van der Waals surface area contributed by atoms with E-state index in [4.69, 9.17) is 0 Å². The standard InChI is InChI=1S/C24H25NO/c1-19(2)25(18-20-12-6-3-7-13-20)24(26)23(21-14-8-4-9-15-21)22-16-10-5-11-17-22/h3-17,19,23H,18H2,1-2H3. The molecule has 1 amide bonds. The Bertz CT molecular complexity index is 773. The van der Waals surface area contributed by atoms with Gasteiger partial charge in [0.05, 0.1) is 5.92 Å². The second-order valence-electron chi connectivity index (χ2n) is 6.80. The van der Waals surface area contributed by atoms with Crippen molar-refractivity contribution in [1.82, 2.24) is 4.90 Å². The molecule has 0 fully saturated rings. The Morgan fingerprint density at radius 3 is 1.58 bits per heavy atom. The first-order valence-corrected chi connectivity index (χ1v) is 9.11. The molecular formula is C24H25NO. The maximum atomic E-state index is 13.6. The maximum Gasteiger partial charge on any atom is 0.235 e. The van der Waals surface area contributed by atoms with Gasteiger partial charge >= 0.3 is 0 Å². The van der Waals surface area contributed by atoms with Crippen LogP contribution in [0.1, 0.15) is 36.5 Å². The fraction of sp³-hybridized carbons (Fsp3) is 0.208. The van der Waals surface area contributed by atoms with Gasteiger partial charge in [-0.15, -0.1) is 0 Å². The van der Waals surface area contributed by atoms with E-state index in [1.54, 1.807) is 0 Å². The number of hydrogen-bond donors (Lipinski definition) is 0. The van der Waals surface area contributed by atoms with Crippen molar-refractivity contribution in [3.8, 4) is 0 Å². The third-order valence-electron chi connectivity index (χ3n) is 4.61. The molecule has 0 bridgehead atoms. The average molecular weight is 343 g/mol. The van der Waals surface area contributed by atoms with Crippen LogP contribution in [0.25, 0.3) is 0 Å². The van der Waals surface area contributed by atoms with Gasteiger partial charge in [-0.3, -0.25) is 4.79 Å². The number of benzene rings is 3. The zero-order chi connectivity index (χ0) is 18.4. The average Bonchev–Trinajstić information content (AvgIpc) is 2.68. The Labute approximate surface area is 156 Å². The van der Waals surface area contributed by atoms with E-state index in [0.29, 0.717) is 6.54 Å². The lowest BCUT2D eigenvalue weighted by Crippen LogP contribution is -2.40. The summed E-state index contributed by atoms with van der Waals surface area (Å²) in [6.07, 6.45) is 0. The normalized spacial score (nSPS) is 10.9. The number of carbonyl (C=O) groups excluding carboxylic acids is 1. The number of rotatable bonds is 6. The molecule has 0 unspecified atom stereocenters. The lowest BCUT2D eigenvalue weighted by atomic mass is 9.89. The fourth-order valence-electron chi connectivity index (χ4n) is 3.23. The Kier molecular flexibility index (Phi) is 5.85. The Hall–Kier alpha value is -2.87. The molecule has 0 saturated heterocycles. The number of amides is 1. The molecule has 0 saturated carbocycles. The molecule has 0 N–H and O–H groups in total. The van der Waals surface area contributed by atoms with E-state index in [0.717, 1.165) is 16.7 Å². The minimum absolute atomic E-state index is 0.123. The van der Waals surface area contributed by atoms with Gasteiger partial charge in [0.2, 0.25) is 5.91 Å². The van der Waals surface area contributed by atoms with Crippen LogP contribution in [0.5, 0.6) is 0 Å². The molecule has 0 aliphatic rings. The second-order valence-corrected chi connectivity index (χ2v) is 6.80. The second kappa shape index (κ2) is 8.48. The summed E-state index contributed by atoms with van der Waals surface area (Å²) in [5.74, 6) is -0.148. The summed E-state index contributed by atoms with van der Waals surface area (Å²) in [5, 5.41) is 0. The van der Waals surface area contributed by atoms with Gasteiger partial charge in [-0.1, -0.05) is 91.0 Å². The van der Waals surface area contributed by atoms with Crippen LogP contribution in [0.3, 0.4) is 0 Å². The maximum absolute atomic E-state index is 13.6. The molecule has 2 nitrogen and oxygen atoms in total. The van der Waals surface area contributed by atoms with Crippen LogP contribution in [-0.4, -0.2) is 16.8 Å². The lowest BCUT2D eigenvalue weighted by molar-refractivity contribution is -0.134. The SMILES string of the molecule is CC(C)N(Cc1ccccc1)C(=O)C(c1ccccc1)c1ccccc1. The minimum atomic E-state index is -0.288. The van der Waals surface area contributed by atoms with Gasteiger partial charge in [-0.25, -0.2) is 0 Å². The molecule has 132 valence electrons. The van der Waals surface area contributed by atoms with Gasteiger partial charge in [0.25, 0.3) is 0 Å². The van der Waals surface area contributed by atoms with Crippen LogP contribution in [0, 0.1) is 0 Å². The predicted octanol–water partition coefficient (Wildman–Crippen LogP) is 5.26. The molecule has 0 radical (unpaired) electrons. The van der Waals surface area contributed by atoms with Crippen LogP contribution >= 0.6 is 0 Å². The largest absolute Gasteiger partial charge is 0.335 e. The molecule has 2 heteroatoms. The van der Waals surface area contributed by atoms with E-state index in [9.17, 15) is 4.79 Å². The molecule has 0 aliphatic heterocycles. The Morgan fingerprint density at radius 1 is 0.731 bits per heavy atom. The molecule has 0 spiro atoms. The zero-order valence-corrected chi connectivity index (χ0v) is 15.4. The van der Waals surface area contributed by atoms with Crippen molar-refractivity contribution < 1.29 is 4.79 Å². The van der Waals surface area contributed by atoms with Crippen molar-refractivity contribution >= 4 is 5.91 Å². The van der Waals surface area contributed by atoms with E-state index in [2.05, 4.69) is 26.0 Å². The van der Waals surface area contributed by atoms with Gasteiger partial charge in [0, 0.05) is 12.6 Å². The van der Waals surface area contributed by atoms with Crippen molar-refractivity contribution in [2.24, 2.45) is 0 Å². The van der Waals surface area contributed by atoms with Crippen LogP contribution < -0.4 is 0 Å². The fourth-order valence-corrected chi connectivity index (χ4v) is 3.23. The number of nitrogens with zero attached hydrogens (tertiary/aromatic N) is 1. The summed E-state index contributed by atoms with van der Waals surface area (Å²) in [7, 11) is 0. The summed E-state index contributed by atoms with van der Waals surface area (Å²) in [5.41, 5.74) is 3.21. The predicted molar refractivity (Wildman–Crippen MR) is 107 cm³/mol. The monoisotopic (exact) mass is 343 g/mol. The molecule has 3 rings (SSSR count). The van der Waals surface area contributed by atoms with Crippen molar-refractivity contribution in [1.29, 1.82) is 0 Å². The zero-order valence-electron chi connectivity index (χ0n) is 15.4. The van der Waals surface area contributed by atoms with E-state index >= 15 is 0 Å². The molecule has 0 heterocycles. The Morgan fingerprint density at radius 2 is 1.15 bits per heavy atom. The number of carbonyl (C=O) groups is 1. The van der Waals surface area contributed by atoms with Gasteiger partial charge in [0.15, 0.2) is 0 Å². The quantitative estimate of drug-likeness (QED) is 0.598. The minimum Gasteiger partial charge on any atom is -0.335 e. The van der Waals surface area contributed by atoms with Crippen molar-refractivity contribution in [2.45, 2.75) is 32.4 Å². The summed E-state index contributed by atoms with van der Waals surface area (Å²) in [6, 6.07) is 30.4. The molecular weight excluding hydrogens is 318 g/mol. The molecule has 0 aromatic heterocycles. The van der Waals surface area contributed by atoms with Crippen LogP contribution in [-0.2, 0) is 11.3 Å². The summed E-state index contributed by atoms with van der Waals surface area (Å²) < 4.78 is 0. The third kappa shape index (κ3) is 4.20. The van der Waals surface area contributed by atoms with Crippen molar-refractivity contribution in [2.75, 3.05) is 0 Å². The molecule has 0 atom stereocenters. The number of hydrogen-bond acceptors (Lipinski definition) is 1. The van der Waals surface area contributed by atoms with E-state index in [-0.39, 0.29) is 17.9 Å². The smallest absolute Gasteiger partial charge is 0.235 e. The van der Waals surface area contributed by atoms with Crippen molar-refractivity contribution in [3.05, 3.63) is 108 Å². The highest BCUT2D eigenvalue weighted by Crippen LogP contribution is 2.28. The Balaban J connectivity index is 1.97. The first-order chi connectivity index (χ1) is 12.7. The lowest BCUT2D eigenvalue weighted by Gasteiger charge is -2.31. The van der Waals surface area contributed by atoms with Crippen molar-refractivity contribution in [3.63, 3.8) is 0 Å². The summed E-state index contributed by atoms with van der Waals surface area (Å²) >= 11 is 0. The molecule has 26 heavy (non-hydrogen) atoms. The van der Waals surface area contributed by atoms with E-state index < -0.39 is 0 Å². The van der Waals surface area contributed by atoms with Gasteiger partial charge < -0.3 is 4.90 Å². The molecule has 3 aromatic rings. The highest BCUT2D eigenvalue weighted by molar-refractivity contribution is 5.87. The molecule has 3 aromatic carbocycles.